The van der Waals surface area contributed by atoms with Gasteiger partial charge in [0, 0.05) is 12.1 Å². The number of nitrogens with one attached hydrogen (secondary N) is 2. The third-order valence-electron chi connectivity index (χ3n) is 3.60. The van der Waals surface area contributed by atoms with E-state index in [1.807, 2.05) is 43.3 Å². The van der Waals surface area contributed by atoms with Gasteiger partial charge >= 0.3 is 0 Å². The van der Waals surface area contributed by atoms with Gasteiger partial charge < -0.3 is 10.6 Å². The number of benzene rings is 2. The Morgan fingerprint density at radius 2 is 2.05 bits per heavy atom. The smallest absolute Gasteiger partial charge is 0.255 e. The van der Waals surface area contributed by atoms with Crippen molar-refractivity contribution in [1.29, 1.82) is 0 Å². The number of hydrogen-bond donors (Lipinski definition) is 2. The summed E-state index contributed by atoms with van der Waals surface area (Å²) in [5.74, 6) is -0.0607. The Hall–Kier alpha value is -2.29. The molecular formula is C17H18N2O. The van der Waals surface area contributed by atoms with Crippen molar-refractivity contribution in [3.63, 3.8) is 0 Å². The summed E-state index contributed by atoms with van der Waals surface area (Å²) < 4.78 is 0. The Bertz CT molecular complexity index is 649. The summed E-state index contributed by atoms with van der Waals surface area (Å²) >= 11 is 0. The van der Waals surface area contributed by atoms with Crippen LogP contribution in [-0.2, 0) is 6.42 Å². The molecule has 0 saturated heterocycles. The van der Waals surface area contributed by atoms with E-state index in [1.54, 1.807) is 0 Å². The molecule has 1 aliphatic heterocycles. The van der Waals surface area contributed by atoms with Gasteiger partial charge in [0.15, 0.2) is 0 Å². The largest absolute Gasteiger partial charge is 0.383 e. The highest BCUT2D eigenvalue weighted by atomic mass is 16.1. The third-order valence-corrected chi connectivity index (χ3v) is 3.60. The number of carbonyl (C=O) groups excluding carboxylic acids is 1. The molecule has 3 rings (SSSR count). The van der Waals surface area contributed by atoms with Gasteiger partial charge in [0.1, 0.15) is 0 Å². The van der Waals surface area contributed by atoms with Gasteiger partial charge in [0.05, 0.1) is 11.4 Å². The molecule has 1 heterocycles. The molecule has 0 radical (unpaired) electrons. The molecule has 1 aliphatic rings. The van der Waals surface area contributed by atoms with Crippen LogP contribution in [-0.4, -0.2) is 12.5 Å². The fourth-order valence-corrected chi connectivity index (χ4v) is 2.59. The van der Waals surface area contributed by atoms with Crippen molar-refractivity contribution in [3.8, 4) is 0 Å². The fourth-order valence-electron chi connectivity index (χ4n) is 2.59. The molecule has 2 aromatic rings. The van der Waals surface area contributed by atoms with Gasteiger partial charge in [-0.05, 0) is 43.5 Å². The van der Waals surface area contributed by atoms with Crippen LogP contribution in [0.15, 0.2) is 42.5 Å². The lowest BCUT2D eigenvalue weighted by Gasteiger charge is -2.21. The van der Waals surface area contributed by atoms with Crippen molar-refractivity contribution in [3.05, 3.63) is 59.2 Å². The predicted octanol–water partition coefficient (Wildman–Crippen LogP) is 3.61. The first kappa shape index (κ1) is 12.7. The lowest BCUT2D eigenvalue weighted by molar-refractivity contribution is 0.102. The van der Waals surface area contributed by atoms with Crippen molar-refractivity contribution in [2.75, 3.05) is 17.2 Å². The van der Waals surface area contributed by atoms with E-state index in [4.69, 9.17) is 0 Å². The first-order chi connectivity index (χ1) is 9.74. The van der Waals surface area contributed by atoms with Crippen LogP contribution in [0, 0.1) is 6.92 Å². The van der Waals surface area contributed by atoms with Gasteiger partial charge in [-0.1, -0.05) is 29.8 Å². The topological polar surface area (TPSA) is 41.1 Å². The van der Waals surface area contributed by atoms with E-state index in [9.17, 15) is 4.79 Å². The Kier molecular flexibility index (Phi) is 3.42. The van der Waals surface area contributed by atoms with Gasteiger partial charge in [0.25, 0.3) is 5.91 Å². The minimum Gasteiger partial charge on any atom is -0.383 e. The molecule has 0 atom stereocenters. The van der Waals surface area contributed by atoms with Gasteiger partial charge in [-0.15, -0.1) is 0 Å². The summed E-state index contributed by atoms with van der Waals surface area (Å²) in [6, 6.07) is 13.7. The molecule has 102 valence electrons. The molecule has 3 nitrogen and oxygen atoms in total. The lowest BCUT2D eigenvalue weighted by atomic mass is 10.0. The molecule has 0 fully saturated rings. The summed E-state index contributed by atoms with van der Waals surface area (Å²) in [5, 5.41) is 6.40. The number of amides is 1. The van der Waals surface area contributed by atoms with Crippen molar-refractivity contribution in [2.45, 2.75) is 19.8 Å². The number of anilines is 2. The summed E-state index contributed by atoms with van der Waals surface area (Å²) in [5.41, 5.74) is 5.00. The zero-order valence-electron chi connectivity index (χ0n) is 11.6. The second-order valence-corrected chi connectivity index (χ2v) is 5.19. The second-order valence-electron chi connectivity index (χ2n) is 5.19. The van der Waals surface area contributed by atoms with E-state index >= 15 is 0 Å². The van der Waals surface area contributed by atoms with Crippen molar-refractivity contribution in [2.24, 2.45) is 0 Å². The van der Waals surface area contributed by atoms with Crippen molar-refractivity contribution < 1.29 is 4.79 Å². The maximum absolute atomic E-state index is 12.3. The van der Waals surface area contributed by atoms with E-state index in [-0.39, 0.29) is 5.91 Å². The SMILES string of the molecule is Cc1cccc(C(=O)Nc2cccc3c2NCCC3)c1. The van der Waals surface area contributed by atoms with Gasteiger partial charge in [-0.3, -0.25) is 4.79 Å². The first-order valence-electron chi connectivity index (χ1n) is 6.98. The maximum Gasteiger partial charge on any atom is 0.255 e. The average Bonchev–Trinajstić information content (AvgIpc) is 2.47. The molecule has 1 amide bonds. The zero-order valence-corrected chi connectivity index (χ0v) is 11.6. The quantitative estimate of drug-likeness (QED) is 0.872. The Balaban J connectivity index is 1.86. The Morgan fingerprint density at radius 1 is 1.20 bits per heavy atom. The number of para-hydroxylation sites is 1. The number of aryl methyl sites for hydroxylation is 2. The number of hydrogen-bond acceptors (Lipinski definition) is 2. The third kappa shape index (κ3) is 2.52. The molecule has 20 heavy (non-hydrogen) atoms. The van der Waals surface area contributed by atoms with E-state index in [2.05, 4.69) is 16.7 Å². The summed E-state index contributed by atoms with van der Waals surface area (Å²) in [7, 11) is 0. The highest BCUT2D eigenvalue weighted by Gasteiger charge is 2.14. The molecule has 2 aromatic carbocycles. The van der Waals surface area contributed by atoms with E-state index < -0.39 is 0 Å². The maximum atomic E-state index is 12.3. The molecular weight excluding hydrogens is 248 g/mol. The van der Waals surface area contributed by atoms with Crippen LogP contribution in [0.1, 0.15) is 27.9 Å². The van der Waals surface area contributed by atoms with E-state index in [0.29, 0.717) is 5.56 Å². The number of rotatable bonds is 2. The predicted molar refractivity (Wildman–Crippen MR) is 82.4 cm³/mol. The molecule has 0 aromatic heterocycles. The minimum atomic E-state index is -0.0607. The molecule has 0 aliphatic carbocycles. The zero-order chi connectivity index (χ0) is 13.9. The van der Waals surface area contributed by atoms with Crippen LogP contribution in [0.4, 0.5) is 11.4 Å². The summed E-state index contributed by atoms with van der Waals surface area (Å²) in [6.07, 6.45) is 2.21. The number of fused-ring (bicyclic) bond motifs is 1. The first-order valence-corrected chi connectivity index (χ1v) is 6.98. The second kappa shape index (κ2) is 5.37. The standard InChI is InChI=1S/C17H18N2O/c1-12-5-2-7-14(11-12)17(20)19-15-9-3-6-13-8-4-10-18-16(13)15/h2-3,5-7,9,11,18H,4,8,10H2,1H3,(H,19,20). The average molecular weight is 266 g/mol. The molecule has 3 heteroatoms. The monoisotopic (exact) mass is 266 g/mol. The van der Waals surface area contributed by atoms with Gasteiger partial charge in [-0.25, -0.2) is 0 Å². The molecule has 2 N–H and O–H groups in total. The summed E-state index contributed by atoms with van der Waals surface area (Å²) in [4.78, 5) is 12.3. The van der Waals surface area contributed by atoms with Crippen molar-refractivity contribution >= 4 is 17.3 Å². The van der Waals surface area contributed by atoms with Crippen LogP contribution in [0.3, 0.4) is 0 Å². The van der Waals surface area contributed by atoms with Crippen LogP contribution >= 0.6 is 0 Å². The fraction of sp³-hybridized carbons (Fsp3) is 0.235. The van der Waals surface area contributed by atoms with Crippen LogP contribution in [0.25, 0.3) is 0 Å². The van der Waals surface area contributed by atoms with Crippen LogP contribution < -0.4 is 10.6 Å². The van der Waals surface area contributed by atoms with E-state index in [1.165, 1.54) is 5.56 Å². The lowest BCUT2D eigenvalue weighted by Crippen LogP contribution is -2.17. The van der Waals surface area contributed by atoms with E-state index in [0.717, 1.165) is 36.3 Å². The Morgan fingerprint density at radius 3 is 2.90 bits per heavy atom. The number of carbonyl (C=O) groups is 1. The summed E-state index contributed by atoms with van der Waals surface area (Å²) in [6.45, 7) is 2.95. The molecule has 0 spiro atoms. The minimum absolute atomic E-state index is 0.0607. The van der Waals surface area contributed by atoms with Crippen molar-refractivity contribution in [1.82, 2.24) is 0 Å². The molecule has 0 saturated carbocycles. The van der Waals surface area contributed by atoms with Crippen LogP contribution in [0.2, 0.25) is 0 Å². The Labute approximate surface area is 119 Å². The van der Waals surface area contributed by atoms with Gasteiger partial charge in [-0.2, -0.15) is 0 Å². The molecule has 0 unspecified atom stereocenters. The normalized spacial score (nSPS) is 13.2. The molecule has 0 bridgehead atoms. The highest BCUT2D eigenvalue weighted by molar-refractivity contribution is 6.06. The highest BCUT2D eigenvalue weighted by Crippen LogP contribution is 2.30. The van der Waals surface area contributed by atoms with Crippen LogP contribution in [0.5, 0.6) is 0 Å². The van der Waals surface area contributed by atoms with Gasteiger partial charge in [0.2, 0.25) is 0 Å².